The quantitative estimate of drug-likeness (QED) is 0.712. The van der Waals surface area contributed by atoms with Crippen LogP contribution in [0.1, 0.15) is 33.1 Å². The van der Waals surface area contributed by atoms with Crippen LogP contribution in [0.25, 0.3) is 0 Å². The zero-order valence-electron chi connectivity index (χ0n) is 8.62. The Hall–Kier alpha value is 0.270. The summed E-state index contributed by atoms with van der Waals surface area (Å²) in [6.45, 7) is 4.38. The molecule has 0 bridgehead atoms. The van der Waals surface area contributed by atoms with Crippen molar-refractivity contribution in [3.05, 3.63) is 0 Å². The molecule has 0 saturated heterocycles. The van der Waals surface area contributed by atoms with Crippen molar-refractivity contribution in [3.8, 4) is 0 Å². The van der Waals surface area contributed by atoms with E-state index < -0.39 is 0 Å². The van der Waals surface area contributed by atoms with E-state index >= 15 is 0 Å². The van der Waals surface area contributed by atoms with Gasteiger partial charge in [-0.15, -0.1) is 0 Å². The minimum absolute atomic E-state index is 0.103. The highest BCUT2D eigenvalue weighted by molar-refractivity contribution is 7.99. The van der Waals surface area contributed by atoms with Crippen LogP contribution < -0.4 is 5.32 Å². The van der Waals surface area contributed by atoms with Gasteiger partial charge in [0.1, 0.15) is 0 Å². The summed E-state index contributed by atoms with van der Waals surface area (Å²) in [5, 5.41) is 13.1. The fraction of sp³-hybridized carbons (Fsp3) is 1.00. The van der Waals surface area contributed by atoms with E-state index in [9.17, 15) is 5.11 Å². The second kappa shape index (κ2) is 5.89. The summed E-state index contributed by atoms with van der Waals surface area (Å²) in [5.74, 6) is 2.33. The summed E-state index contributed by atoms with van der Waals surface area (Å²) >= 11 is 1.96. The van der Waals surface area contributed by atoms with Crippen molar-refractivity contribution in [1.82, 2.24) is 5.32 Å². The molecule has 1 saturated carbocycles. The standard InChI is InChI=1S/C10H21NOS/c1-3-13-7-8(2)11-9-5-4-6-10(9)12/h8-12H,3-7H2,1-2H3. The third-order valence-corrected chi connectivity index (χ3v) is 3.69. The zero-order valence-corrected chi connectivity index (χ0v) is 9.44. The van der Waals surface area contributed by atoms with Crippen molar-refractivity contribution >= 4 is 11.8 Å². The largest absolute Gasteiger partial charge is 0.392 e. The maximum Gasteiger partial charge on any atom is 0.0693 e. The third-order valence-electron chi connectivity index (χ3n) is 2.55. The number of hydrogen-bond acceptors (Lipinski definition) is 3. The summed E-state index contributed by atoms with van der Waals surface area (Å²) in [4.78, 5) is 0. The minimum Gasteiger partial charge on any atom is -0.392 e. The van der Waals surface area contributed by atoms with Gasteiger partial charge < -0.3 is 10.4 Å². The Bertz CT molecular complexity index is 143. The maximum atomic E-state index is 9.59. The first kappa shape index (κ1) is 11.3. The summed E-state index contributed by atoms with van der Waals surface area (Å²) in [6.07, 6.45) is 3.19. The first-order valence-corrected chi connectivity index (χ1v) is 6.41. The smallest absolute Gasteiger partial charge is 0.0693 e. The van der Waals surface area contributed by atoms with E-state index in [4.69, 9.17) is 0 Å². The van der Waals surface area contributed by atoms with E-state index in [1.165, 1.54) is 12.2 Å². The third kappa shape index (κ3) is 3.88. The average molecular weight is 203 g/mol. The Balaban J connectivity index is 2.15. The van der Waals surface area contributed by atoms with E-state index in [2.05, 4.69) is 19.2 Å². The molecule has 0 aliphatic heterocycles. The molecule has 2 nitrogen and oxygen atoms in total. The lowest BCUT2D eigenvalue weighted by molar-refractivity contribution is 0.145. The van der Waals surface area contributed by atoms with Crippen LogP contribution in [0.4, 0.5) is 0 Å². The van der Waals surface area contributed by atoms with Crippen LogP contribution in [0, 0.1) is 0 Å². The van der Waals surface area contributed by atoms with Crippen molar-refractivity contribution in [2.75, 3.05) is 11.5 Å². The van der Waals surface area contributed by atoms with E-state index in [1.54, 1.807) is 0 Å². The van der Waals surface area contributed by atoms with Gasteiger partial charge in [-0.25, -0.2) is 0 Å². The topological polar surface area (TPSA) is 32.3 Å². The molecular formula is C10H21NOS. The molecular weight excluding hydrogens is 182 g/mol. The van der Waals surface area contributed by atoms with Crippen LogP contribution in [0.2, 0.25) is 0 Å². The van der Waals surface area contributed by atoms with Crippen molar-refractivity contribution in [1.29, 1.82) is 0 Å². The molecule has 1 aliphatic rings. The van der Waals surface area contributed by atoms with Crippen LogP contribution in [-0.2, 0) is 0 Å². The first-order chi connectivity index (χ1) is 6.24. The second-order valence-electron chi connectivity index (χ2n) is 3.83. The molecule has 13 heavy (non-hydrogen) atoms. The highest BCUT2D eigenvalue weighted by atomic mass is 32.2. The summed E-state index contributed by atoms with van der Waals surface area (Å²) in [6, 6.07) is 0.884. The number of rotatable bonds is 5. The van der Waals surface area contributed by atoms with Crippen LogP contribution in [0.15, 0.2) is 0 Å². The summed E-state index contributed by atoms with van der Waals surface area (Å²) < 4.78 is 0. The fourth-order valence-corrected chi connectivity index (χ4v) is 2.53. The molecule has 1 rings (SSSR count). The molecule has 0 amide bonds. The van der Waals surface area contributed by atoms with Gasteiger partial charge in [0, 0.05) is 17.8 Å². The summed E-state index contributed by atoms with van der Waals surface area (Å²) in [7, 11) is 0. The lowest BCUT2D eigenvalue weighted by Crippen LogP contribution is -2.42. The van der Waals surface area contributed by atoms with E-state index in [-0.39, 0.29) is 6.10 Å². The van der Waals surface area contributed by atoms with Gasteiger partial charge in [0.25, 0.3) is 0 Å². The molecule has 3 heteroatoms. The van der Waals surface area contributed by atoms with Gasteiger partial charge in [-0.3, -0.25) is 0 Å². The van der Waals surface area contributed by atoms with E-state index in [0.29, 0.717) is 12.1 Å². The molecule has 0 radical (unpaired) electrons. The van der Waals surface area contributed by atoms with Crippen molar-refractivity contribution in [2.24, 2.45) is 0 Å². The van der Waals surface area contributed by atoms with Gasteiger partial charge in [-0.05, 0) is 31.9 Å². The predicted octanol–water partition coefficient (Wildman–Crippen LogP) is 1.63. The maximum absolute atomic E-state index is 9.59. The molecule has 0 heterocycles. The van der Waals surface area contributed by atoms with E-state index in [0.717, 1.165) is 18.6 Å². The molecule has 3 unspecified atom stereocenters. The second-order valence-corrected chi connectivity index (χ2v) is 5.15. The lowest BCUT2D eigenvalue weighted by atomic mass is 10.2. The number of thioether (sulfide) groups is 1. The Morgan fingerprint density at radius 1 is 1.54 bits per heavy atom. The first-order valence-electron chi connectivity index (χ1n) is 5.26. The number of hydrogen-bond donors (Lipinski definition) is 2. The van der Waals surface area contributed by atoms with Crippen LogP contribution >= 0.6 is 11.8 Å². The van der Waals surface area contributed by atoms with Gasteiger partial charge in [-0.2, -0.15) is 11.8 Å². The highest BCUT2D eigenvalue weighted by Gasteiger charge is 2.25. The monoisotopic (exact) mass is 203 g/mol. The Morgan fingerprint density at radius 3 is 2.85 bits per heavy atom. The Labute approximate surface area is 85.5 Å². The van der Waals surface area contributed by atoms with Gasteiger partial charge in [-0.1, -0.05) is 6.92 Å². The molecule has 0 aromatic rings. The predicted molar refractivity (Wildman–Crippen MR) is 59.2 cm³/mol. The molecule has 0 spiro atoms. The molecule has 1 aliphatic carbocycles. The molecule has 2 N–H and O–H groups in total. The van der Waals surface area contributed by atoms with Gasteiger partial charge in [0.2, 0.25) is 0 Å². The number of aliphatic hydroxyl groups excluding tert-OH is 1. The molecule has 78 valence electrons. The number of aliphatic hydroxyl groups is 1. The molecule has 0 aromatic heterocycles. The Morgan fingerprint density at radius 2 is 2.31 bits per heavy atom. The van der Waals surface area contributed by atoms with Crippen LogP contribution in [0.3, 0.4) is 0 Å². The highest BCUT2D eigenvalue weighted by Crippen LogP contribution is 2.19. The van der Waals surface area contributed by atoms with Crippen molar-refractivity contribution in [2.45, 2.75) is 51.3 Å². The molecule has 3 atom stereocenters. The van der Waals surface area contributed by atoms with Gasteiger partial charge in [0.05, 0.1) is 6.10 Å². The average Bonchev–Trinajstić information content (AvgIpc) is 2.48. The SMILES string of the molecule is CCSCC(C)NC1CCCC1O. The van der Waals surface area contributed by atoms with Crippen molar-refractivity contribution in [3.63, 3.8) is 0 Å². The van der Waals surface area contributed by atoms with E-state index in [1.807, 2.05) is 11.8 Å². The van der Waals surface area contributed by atoms with Crippen molar-refractivity contribution < 1.29 is 5.11 Å². The molecule has 0 aromatic carbocycles. The Kier molecular flexibility index (Phi) is 5.14. The zero-order chi connectivity index (χ0) is 9.68. The number of nitrogens with one attached hydrogen (secondary N) is 1. The molecule has 1 fully saturated rings. The normalized spacial score (nSPS) is 30.7. The minimum atomic E-state index is -0.103. The summed E-state index contributed by atoms with van der Waals surface area (Å²) in [5.41, 5.74) is 0. The lowest BCUT2D eigenvalue weighted by Gasteiger charge is -2.21. The fourth-order valence-electron chi connectivity index (χ4n) is 1.84. The van der Waals surface area contributed by atoms with Crippen LogP contribution in [-0.4, -0.2) is 34.8 Å². The van der Waals surface area contributed by atoms with Crippen LogP contribution in [0.5, 0.6) is 0 Å². The van der Waals surface area contributed by atoms with Gasteiger partial charge >= 0.3 is 0 Å². The van der Waals surface area contributed by atoms with Gasteiger partial charge in [0.15, 0.2) is 0 Å².